The van der Waals surface area contributed by atoms with E-state index in [2.05, 4.69) is 42.7 Å². The summed E-state index contributed by atoms with van der Waals surface area (Å²) in [6.07, 6.45) is 4.15. The summed E-state index contributed by atoms with van der Waals surface area (Å²) in [7, 11) is 0. The fourth-order valence-corrected chi connectivity index (χ4v) is 2.97. The summed E-state index contributed by atoms with van der Waals surface area (Å²) in [5.41, 5.74) is 0. The van der Waals surface area contributed by atoms with E-state index in [0.717, 1.165) is 5.92 Å². The third kappa shape index (κ3) is 7.32. The highest BCUT2D eigenvalue weighted by Gasteiger charge is 2.18. The Morgan fingerprint density at radius 1 is 1.29 bits per heavy atom. The van der Waals surface area contributed by atoms with Crippen molar-refractivity contribution in [1.82, 2.24) is 10.2 Å². The summed E-state index contributed by atoms with van der Waals surface area (Å²) >= 11 is 2.07. The number of hydrogen-bond acceptors (Lipinski definition) is 3. The molecule has 0 amide bonds. The second-order valence-corrected chi connectivity index (χ2v) is 6.79. The molecule has 0 unspecified atom stereocenters. The Hall–Kier alpha value is 0.270. The molecular weight excluding hydrogens is 228 g/mol. The van der Waals surface area contributed by atoms with Crippen molar-refractivity contribution in [2.45, 2.75) is 46.1 Å². The van der Waals surface area contributed by atoms with E-state index in [9.17, 15) is 0 Å². The highest BCUT2D eigenvalue weighted by Crippen LogP contribution is 2.17. The van der Waals surface area contributed by atoms with Gasteiger partial charge in [-0.3, -0.25) is 0 Å². The molecular formula is C14H30N2S. The number of likely N-dealkylation sites (tertiary alicyclic amines) is 1. The van der Waals surface area contributed by atoms with Crippen LogP contribution in [0.2, 0.25) is 0 Å². The number of piperidine rings is 1. The van der Waals surface area contributed by atoms with Gasteiger partial charge in [-0.2, -0.15) is 11.8 Å². The van der Waals surface area contributed by atoms with E-state index in [0.29, 0.717) is 6.04 Å². The molecule has 2 nitrogen and oxygen atoms in total. The monoisotopic (exact) mass is 258 g/mol. The fraction of sp³-hybridized carbons (Fsp3) is 1.00. The Labute approximate surface area is 112 Å². The standard InChI is InChI=1S/C14H30N2S/c1-4-17-11-5-8-16-9-6-14(7-10-16)12-15-13(2)3/h13-15H,4-12H2,1-3H3. The minimum Gasteiger partial charge on any atom is -0.314 e. The van der Waals surface area contributed by atoms with Crippen LogP contribution >= 0.6 is 11.8 Å². The second-order valence-electron chi connectivity index (χ2n) is 5.40. The number of hydrogen-bond donors (Lipinski definition) is 1. The van der Waals surface area contributed by atoms with Crippen LogP contribution < -0.4 is 5.32 Å². The zero-order valence-electron chi connectivity index (χ0n) is 11.9. The molecule has 0 aromatic carbocycles. The van der Waals surface area contributed by atoms with E-state index in [4.69, 9.17) is 0 Å². The minimum absolute atomic E-state index is 0.638. The van der Waals surface area contributed by atoms with Gasteiger partial charge >= 0.3 is 0 Å². The maximum absolute atomic E-state index is 3.57. The van der Waals surface area contributed by atoms with Crippen molar-refractivity contribution in [3.05, 3.63) is 0 Å². The van der Waals surface area contributed by atoms with Crippen molar-refractivity contribution < 1.29 is 0 Å². The molecule has 0 aliphatic carbocycles. The normalized spacial score (nSPS) is 19.1. The summed E-state index contributed by atoms with van der Waals surface area (Å²) in [6.45, 7) is 11.9. The maximum atomic E-state index is 3.57. The van der Waals surface area contributed by atoms with Gasteiger partial charge in [-0.05, 0) is 62.9 Å². The molecule has 0 aromatic heterocycles. The molecule has 0 aromatic rings. The van der Waals surface area contributed by atoms with Crippen molar-refractivity contribution in [3.63, 3.8) is 0 Å². The van der Waals surface area contributed by atoms with Crippen molar-refractivity contribution in [3.8, 4) is 0 Å². The molecule has 1 aliphatic heterocycles. The van der Waals surface area contributed by atoms with Crippen LogP contribution in [0.3, 0.4) is 0 Å². The smallest absolute Gasteiger partial charge is 0.00104 e. The molecule has 1 rings (SSSR count). The van der Waals surface area contributed by atoms with Crippen LogP contribution in [-0.2, 0) is 0 Å². The Bertz CT molecular complexity index is 177. The van der Waals surface area contributed by atoms with Crippen LogP contribution in [0.5, 0.6) is 0 Å². The lowest BCUT2D eigenvalue weighted by Crippen LogP contribution is -2.39. The molecule has 102 valence electrons. The van der Waals surface area contributed by atoms with Gasteiger partial charge in [-0.15, -0.1) is 0 Å². The third-order valence-corrected chi connectivity index (χ3v) is 4.47. The Morgan fingerprint density at radius 2 is 2.00 bits per heavy atom. The molecule has 1 saturated heterocycles. The van der Waals surface area contributed by atoms with Gasteiger partial charge in [0.2, 0.25) is 0 Å². The third-order valence-electron chi connectivity index (χ3n) is 3.49. The van der Waals surface area contributed by atoms with Gasteiger partial charge in [0.15, 0.2) is 0 Å². The van der Waals surface area contributed by atoms with Crippen LogP contribution in [0.25, 0.3) is 0 Å². The number of rotatable bonds is 8. The van der Waals surface area contributed by atoms with Gasteiger partial charge < -0.3 is 10.2 Å². The highest BCUT2D eigenvalue weighted by atomic mass is 32.2. The van der Waals surface area contributed by atoms with E-state index < -0.39 is 0 Å². The molecule has 0 bridgehead atoms. The predicted octanol–water partition coefficient (Wildman–Crippen LogP) is 2.84. The zero-order chi connectivity index (χ0) is 12.5. The fourth-order valence-electron chi connectivity index (χ4n) is 2.35. The maximum Gasteiger partial charge on any atom is 0.00104 e. The van der Waals surface area contributed by atoms with E-state index in [-0.39, 0.29) is 0 Å². The van der Waals surface area contributed by atoms with Crippen LogP contribution in [0.15, 0.2) is 0 Å². The molecule has 1 heterocycles. The number of thioether (sulfide) groups is 1. The van der Waals surface area contributed by atoms with E-state index in [1.54, 1.807) is 0 Å². The lowest BCUT2D eigenvalue weighted by molar-refractivity contribution is 0.181. The van der Waals surface area contributed by atoms with Gasteiger partial charge in [0.25, 0.3) is 0 Å². The van der Waals surface area contributed by atoms with Gasteiger partial charge in [-0.1, -0.05) is 20.8 Å². The van der Waals surface area contributed by atoms with Crippen molar-refractivity contribution in [2.24, 2.45) is 5.92 Å². The summed E-state index contributed by atoms with van der Waals surface area (Å²) in [4.78, 5) is 2.65. The Kier molecular flexibility index (Phi) is 8.33. The Balaban J connectivity index is 2.01. The summed E-state index contributed by atoms with van der Waals surface area (Å²) < 4.78 is 0. The molecule has 0 radical (unpaired) electrons. The highest BCUT2D eigenvalue weighted by molar-refractivity contribution is 7.99. The SMILES string of the molecule is CCSCCCN1CCC(CNC(C)C)CC1. The lowest BCUT2D eigenvalue weighted by Gasteiger charge is -2.32. The van der Waals surface area contributed by atoms with Crippen LogP contribution in [0.1, 0.15) is 40.0 Å². The van der Waals surface area contributed by atoms with Crippen molar-refractivity contribution >= 4 is 11.8 Å². The van der Waals surface area contributed by atoms with Crippen molar-refractivity contribution in [2.75, 3.05) is 37.7 Å². The molecule has 1 N–H and O–H groups in total. The van der Waals surface area contributed by atoms with Gasteiger partial charge in [0.05, 0.1) is 0 Å². The Morgan fingerprint density at radius 3 is 2.59 bits per heavy atom. The minimum atomic E-state index is 0.638. The average molecular weight is 258 g/mol. The molecule has 1 aliphatic rings. The topological polar surface area (TPSA) is 15.3 Å². The first-order valence-corrected chi connectivity index (χ1v) is 8.41. The van der Waals surface area contributed by atoms with Gasteiger partial charge in [0.1, 0.15) is 0 Å². The summed E-state index contributed by atoms with van der Waals surface area (Å²) in [5.74, 6) is 3.52. The zero-order valence-corrected chi connectivity index (χ0v) is 12.7. The second kappa shape index (κ2) is 9.23. The summed E-state index contributed by atoms with van der Waals surface area (Å²) in [5, 5.41) is 3.57. The number of nitrogens with zero attached hydrogens (tertiary/aromatic N) is 1. The van der Waals surface area contributed by atoms with Crippen molar-refractivity contribution in [1.29, 1.82) is 0 Å². The van der Waals surface area contributed by atoms with Gasteiger partial charge in [-0.25, -0.2) is 0 Å². The molecule has 0 saturated carbocycles. The lowest BCUT2D eigenvalue weighted by atomic mass is 9.96. The first-order chi connectivity index (χ1) is 8.22. The van der Waals surface area contributed by atoms with Crippen LogP contribution in [0, 0.1) is 5.92 Å². The molecule has 3 heteroatoms. The molecule has 0 spiro atoms. The predicted molar refractivity (Wildman–Crippen MR) is 79.9 cm³/mol. The van der Waals surface area contributed by atoms with E-state index in [1.807, 2.05) is 0 Å². The average Bonchev–Trinajstić information content (AvgIpc) is 2.33. The summed E-state index contributed by atoms with van der Waals surface area (Å²) in [6, 6.07) is 0.638. The van der Waals surface area contributed by atoms with Gasteiger partial charge in [0, 0.05) is 6.04 Å². The molecule has 1 fully saturated rings. The first-order valence-electron chi connectivity index (χ1n) is 7.25. The van der Waals surface area contributed by atoms with Crippen LogP contribution in [0.4, 0.5) is 0 Å². The van der Waals surface area contributed by atoms with E-state index in [1.165, 1.54) is 56.9 Å². The number of nitrogens with one attached hydrogen (secondary N) is 1. The first kappa shape index (κ1) is 15.3. The molecule has 0 atom stereocenters. The van der Waals surface area contributed by atoms with Crippen LogP contribution in [-0.4, -0.2) is 48.6 Å². The van der Waals surface area contributed by atoms with E-state index >= 15 is 0 Å². The largest absolute Gasteiger partial charge is 0.314 e. The molecule has 17 heavy (non-hydrogen) atoms. The quantitative estimate of drug-likeness (QED) is 0.674.